The zero-order chi connectivity index (χ0) is 20.7. The molecular formula is C22H22FN5OS. The van der Waals surface area contributed by atoms with Gasteiger partial charge in [0.2, 0.25) is 5.95 Å². The van der Waals surface area contributed by atoms with Crippen LogP contribution in [0.15, 0.2) is 41.5 Å². The summed E-state index contributed by atoms with van der Waals surface area (Å²) in [4.78, 5) is 20.1. The van der Waals surface area contributed by atoms with Crippen LogP contribution < -0.4 is 10.9 Å². The highest BCUT2D eigenvalue weighted by Crippen LogP contribution is 2.34. The topological polar surface area (TPSA) is 64.7 Å². The molecule has 0 bridgehead atoms. The van der Waals surface area contributed by atoms with Gasteiger partial charge in [-0.1, -0.05) is 12.1 Å². The largest absolute Gasteiger partial charge is 0.323 e. The Morgan fingerprint density at radius 3 is 2.97 bits per heavy atom. The molecule has 4 aromatic rings. The van der Waals surface area contributed by atoms with Crippen molar-refractivity contribution in [1.82, 2.24) is 19.3 Å². The second-order valence-corrected chi connectivity index (χ2v) is 8.64. The van der Waals surface area contributed by atoms with Crippen LogP contribution in [-0.2, 0) is 25.9 Å². The summed E-state index contributed by atoms with van der Waals surface area (Å²) in [5.41, 5.74) is 2.80. The normalized spacial score (nSPS) is 13.5. The second kappa shape index (κ2) is 7.68. The fourth-order valence-electron chi connectivity index (χ4n) is 4.09. The molecule has 0 saturated carbocycles. The maximum atomic E-state index is 13.4. The first-order chi connectivity index (χ1) is 14.6. The molecule has 8 heteroatoms. The lowest BCUT2D eigenvalue weighted by atomic mass is 9.97. The summed E-state index contributed by atoms with van der Waals surface area (Å²) >= 11 is 1.65. The lowest BCUT2D eigenvalue weighted by Gasteiger charge is -2.12. The smallest absolute Gasteiger partial charge is 0.263 e. The highest BCUT2D eigenvalue weighted by molar-refractivity contribution is 7.18. The maximum absolute atomic E-state index is 13.4. The quantitative estimate of drug-likeness (QED) is 0.514. The van der Waals surface area contributed by atoms with Crippen molar-refractivity contribution < 1.29 is 4.39 Å². The van der Waals surface area contributed by atoms with E-state index in [2.05, 4.69) is 10.4 Å². The van der Waals surface area contributed by atoms with Gasteiger partial charge in [-0.25, -0.2) is 9.37 Å². The number of hydrogen-bond acceptors (Lipinski definition) is 5. The van der Waals surface area contributed by atoms with Gasteiger partial charge in [-0.2, -0.15) is 5.10 Å². The molecule has 1 aliphatic carbocycles. The average molecular weight is 424 g/mol. The third-order valence-corrected chi connectivity index (χ3v) is 6.70. The zero-order valence-corrected chi connectivity index (χ0v) is 17.5. The van der Waals surface area contributed by atoms with Crippen molar-refractivity contribution in [3.8, 4) is 0 Å². The fourth-order valence-corrected chi connectivity index (χ4v) is 5.35. The van der Waals surface area contributed by atoms with Crippen molar-refractivity contribution in [1.29, 1.82) is 0 Å². The van der Waals surface area contributed by atoms with E-state index in [0.717, 1.165) is 40.7 Å². The van der Waals surface area contributed by atoms with Crippen molar-refractivity contribution in [2.45, 2.75) is 45.7 Å². The Labute approximate surface area is 177 Å². The first-order valence-electron chi connectivity index (χ1n) is 10.2. The molecule has 0 unspecified atom stereocenters. The van der Waals surface area contributed by atoms with Crippen LogP contribution in [0, 0.1) is 5.82 Å². The van der Waals surface area contributed by atoms with Gasteiger partial charge in [0, 0.05) is 17.6 Å². The number of aryl methyl sites for hydroxylation is 2. The predicted octanol–water partition coefficient (Wildman–Crippen LogP) is 4.48. The Morgan fingerprint density at radius 1 is 1.27 bits per heavy atom. The molecule has 0 amide bonds. The number of nitrogens with one attached hydrogen (secondary N) is 1. The number of rotatable bonds is 5. The molecule has 0 atom stereocenters. The monoisotopic (exact) mass is 423 g/mol. The summed E-state index contributed by atoms with van der Waals surface area (Å²) in [6.07, 6.45) is 7.84. The van der Waals surface area contributed by atoms with E-state index < -0.39 is 0 Å². The average Bonchev–Trinajstić information content (AvgIpc) is 3.32. The number of aromatic nitrogens is 4. The SMILES string of the molecule is CCn1c(Nc2cnn(Cc3cccc(F)c3)c2)nc2sc3c(c2c1=O)CCCC3. The molecule has 1 N–H and O–H groups in total. The van der Waals surface area contributed by atoms with E-state index in [1.165, 1.54) is 29.0 Å². The van der Waals surface area contributed by atoms with Gasteiger partial charge in [0.15, 0.2) is 0 Å². The van der Waals surface area contributed by atoms with Crippen LogP contribution in [0.25, 0.3) is 10.2 Å². The summed E-state index contributed by atoms with van der Waals surface area (Å²) in [6.45, 7) is 2.95. The molecule has 0 aliphatic heterocycles. The number of halogens is 1. The van der Waals surface area contributed by atoms with Crippen molar-refractivity contribution >= 4 is 33.2 Å². The Bertz CT molecular complexity index is 1290. The summed E-state index contributed by atoms with van der Waals surface area (Å²) < 4.78 is 16.8. The van der Waals surface area contributed by atoms with E-state index in [4.69, 9.17) is 4.98 Å². The molecule has 0 fully saturated rings. The van der Waals surface area contributed by atoms with Crippen LogP contribution in [0.2, 0.25) is 0 Å². The summed E-state index contributed by atoms with van der Waals surface area (Å²) in [5, 5.41) is 8.40. The number of benzene rings is 1. The minimum Gasteiger partial charge on any atom is -0.323 e. The minimum atomic E-state index is -0.263. The van der Waals surface area contributed by atoms with Gasteiger partial charge in [-0.15, -0.1) is 11.3 Å². The Balaban J connectivity index is 1.47. The molecule has 0 radical (unpaired) electrons. The fraction of sp³-hybridized carbons (Fsp3) is 0.318. The van der Waals surface area contributed by atoms with Crippen molar-refractivity contribution in [2.75, 3.05) is 5.32 Å². The first-order valence-corrected chi connectivity index (χ1v) is 11.0. The van der Waals surface area contributed by atoms with Crippen LogP contribution >= 0.6 is 11.3 Å². The van der Waals surface area contributed by atoms with E-state index in [9.17, 15) is 9.18 Å². The highest BCUT2D eigenvalue weighted by atomic mass is 32.1. The highest BCUT2D eigenvalue weighted by Gasteiger charge is 2.21. The lowest BCUT2D eigenvalue weighted by Crippen LogP contribution is -2.23. The van der Waals surface area contributed by atoms with Crippen molar-refractivity contribution in [2.24, 2.45) is 0 Å². The van der Waals surface area contributed by atoms with E-state index in [1.54, 1.807) is 32.8 Å². The Hall–Kier alpha value is -3.00. The maximum Gasteiger partial charge on any atom is 0.263 e. The molecule has 3 heterocycles. The van der Waals surface area contributed by atoms with Crippen molar-refractivity contribution in [3.63, 3.8) is 0 Å². The lowest BCUT2D eigenvalue weighted by molar-refractivity contribution is 0.619. The Kier molecular flexibility index (Phi) is 4.86. The first kappa shape index (κ1) is 19.0. The molecule has 30 heavy (non-hydrogen) atoms. The molecule has 3 aromatic heterocycles. The number of fused-ring (bicyclic) bond motifs is 3. The molecule has 154 valence electrons. The van der Waals surface area contributed by atoms with Crippen LogP contribution in [0.4, 0.5) is 16.0 Å². The summed E-state index contributed by atoms with van der Waals surface area (Å²) in [6, 6.07) is 6.47. The van der Waals surface area contributed by atoms with E-state index in [0.29, 0.717) is 19.0 Å². The van der Waals surface area contributed by atoms with Gasteiger partial charge in [-0.3, -0.25) is 14.0 Å². The van der Waals surface area contributed by atoms with Gasteiger partial charge in [0.05, 0.1) is 23.8 Å². The van der Waals surface area contributed by atoms with Gasteiger partial charge < -0.3 is 5.32 Å². The van der Waals surface area contributed by atoms with Crippen LogP contribution in [0.5, 0.6) is 0 Å². The summed E-state index contributed by atoms with van der Waals surface area (Å²) in [7, 11) is 0. The zero-order valence-electron chi connectivity index (χ0n) is 16.7. The summed E-state index contributed by atoms with van der Waals surface area (Å²) in [5.74, 6) is 0.264. The van der Waals surface area contributed by atoms with Gasteiger partial charge in [-0.05, 0) is 55.9 Å². The van der Waals surface area contributed by atoms with E-state index >= 15 is 0 Å². The second-order valence-electron chi connectivity index (χ2n) is 7.56. The number of nitrogens with zero attached hydrogens (tertiary/aromatic N) is 4. The molecule has 5 rings (SSSR count). The van der Waals surface area contributed by atoms with Crippen LogP contribution in [0.3, 0.4) is 0 Å². The molecular weight excluding hydrogens is 401 g/mol. The number of hydrogen-bond donors (Lipinski definition) is 1. The standard InChI is InChI=1S/C22H22FN5OS/c1-2-28-21(29)19-17-8-3-4-9-18(17)30-20(19)26-22(28)25-16-11-24-27(13-16)12-14-6-5-7-15(23)10-14/h5-7,10-11,13H,2-4,8-9,12H2,1H3,(H,25,26). The van der Waals surface area contributed by atoms with Gasteiger partial charge >= 0.3 is 0 Å². The van der Waals surface area contributed by atoms with Gasteiger partial charge in [0.25, 0.3) is 5.56 Å². The molecule has 6 nitrogen and oxygen atoms in total. The van der Waals surface area contributed by atoms with Gasteiger partial charge in [0.1, 0.15) is 10.6 Å². The number of anilines is 2. The van der Waals surface area contributed by atoms with Crippen LogP contribution in [-0.4, -0.2) is 19.3 Å². The van der Waals surface area contributed by atoms with E-state index in [-0.39, 0.29) is 11.4 Å². The minimum absolute atomic E-state index is 0.0246. The Morgan fingerprint density at radius 2 is 2.13 bits per heavy atom. The molecule has 0 saturated heterocycles. The number of thiophene rings is 1. The molecule has 1 aromatic carbocycles. The van der Waals surface area contributed by atoms with Crippen LogP contribution in [0.1, 0.15) is 35.8 Å². The van der Waals surface area contributed by atoms with Crippen molar-refractivity contribution in [3.05, 3.63) is 68.8 Å². The van der Waals surface area contributed by atoms with E-state index in [1.807, 2.05) is 19.2 Å². The third kappa shape index (κ3) is 3.41. The third-order valence-electron chi connectivity index (χ3n) is 5.51. The molecule has 0 spiro atoms. The predicted molar refractivity (Wildman–Crippen MR) is 117 cm³/mol. The molecule has 1 aliphatic rings.